The fourth-order valence-corrected chi connectivity index (χ4v) is 3.36. The lowest BCUT2D eigenvalue weighted by atomic mass is 10.1. The van der Waals surface area contributed by atoms with Crippen LogP contribution in [0.5, 0.6) is 5.88 Å². The molecule has 0 radical (unpaired) electrons. The van der Waals surface area contributed by atoms with E-state index in [0.29, 0.717) is 12.1 Å². The molecule has 0 saturated heterocycles. The van der Waals surface area contributed by atoms with Gasteiger partial charge in [0, 0.05) is 6.42 Å². The molecule has 0 bridgehead atoms. The highest BCUT2D eigenvalue weighted by molar-refractivity contribution is 7.92. The second-order valence-electron chi connectivity index (χ2n) is 5.60. The first kappa shape index (κ1) is 16.9. The van der Waals surface area contributed by atoms with Crippen molar-refractivity contribution in [2.75, 3.05) is 4.72 Å². The lowest BCUT2D eigenvalue weighted by Crippen LogP contribution is -2.16. The van der Waals surface area contributed by atoms with E-state index in [1.807, 2.05) is 37.3 Å². The average molecular weight is 355 g/mol. The van der Waals surface area contributed by atoms with Gasteiger partial charge in [-0.1, -0.05) is 48.0 Å². The van der Waals surface area contributed by atoms with Gasteiger partial charge in [0.15, 0.2) is 5.82 Å². The summed E-state index contributed by atoms with van der Waals surface area (Å²) in [6.45, 7) is 1.88. The number of benzene rings is 2. The van der Waals surface area contributed by atoms with E-state index in [1.54, 1.807) is 12.1 Å². The topological polar surface area (TPSA) is 92.2 Å². The Balaban J connectivity index is 1.93. The minimum Gasteiger partial charge on any atom is -0.492 e. The van der Waals surface area contributed by atoms with Crippen molar-refractivity contribution in [2.24, 2.45) is 0 Å². The number of sulfonamides is 1. The summed E-state index contributed by atoms with van der Waals surface area (Å²) in [5.74, 6) is -0.161. The van der Waals surface area contributed by atoms with Crippen LogP contribution in [-0.4, -0.2) is 23.5 Å². The van der Waals surface area contributed by atoms with E-state index < -0.39 is 10.0 Å². The molecule has 2 aromatic carbocycles. The van der Waals surface area contributed by atoms with Crippen LogP contribution in [-0.2, 0) is 16.4 Å². The summed E-state index contributed by atoms with van der Waals surface area (Å²) >= 11 is 0. The molecule has 0 fully saturated rings. The molecule has 3 aromatic rings. The molecule has 0 unspecified atom stereocenters. The molecule has 1 aromatic heterocycles. The van der Waals surface area contributed by atoms with Crippen molar-refractivity contribution in [3.8, 4) is 5.88 Å². The van der Waals surface area contributed by atoms with Gasteiger partial charge >= 0.3 is 0 Å². The molecule has 0 aliphatic rings. The quantitative estimate of drug-likeness (QED) is 0.734. The number of hydrogen-bond donors (Lipinski definition) is 2. The third kappa shape index (κ3) is 4.13. The molecule has 1 heterocycles. The van der Waals surface area contributed by atoms with Crippen LogP contribution in [0.25, 0.3) is 0 Å². The highest BCUT2D eigenvalue weighted by atomic mass is 32.2. The Morgan fingerprint density at radius 3 is 2.40 bits per heavy atom. The smallest absolute Gasteiger partial charge is 0.263 e. The van der Waals surface area contributed by atoms with Crippen molar-refractivity contribution in [1.29, 1.82) is 0 Å². The monoisotopic (exact) mass is 355 g/mol. The largest absolute Gasteiger partial charge is 0.492 e. The van der Waals surface area contributed by atoms with E-state index in [2.05, 4.69) is 14.7 Å². The Kier molecular flexibility index (Phi) is 4.67. The summed E-state index contributed by atoms with van der Waals surface area (Å²) in [6, 6.07) is 15.9. The van der Waals surface area contributed by atoms with Crippen molar-refractivity contribution < 1.29 is 13.5 Å². The maximum atomic E-state index is 12.6. The van der Waals surface area contributed by atoms with Crippen molar-refractivity contribution in [3.05, 3.63) is 77.6 Å². The molecule has 128 valence electrons. The molecule has 7 heteroatoms. The van der Waals surface area contributed by atoms with E-state index in [-0.39, 0.29) is 16.6 Å². The Morgan fingerprint density at radius 2 is 1.72 bits per heavy atom. The van der Waals surface area contributed by atoms with Gasteiger partial charge in [-0.3, -0.25) is 4.72 Å². The molecule has 0 aliphatic carbocycles. The molecule has 3 rings (SSSR count). The molecule has 0 atom stereocenters. The van der Waals surface area contributed by atoms with Crippen molar-refractivity contribution >= 4 is 15.8 Å². The van der Waals surface area contributed by atoms with Gasteiger partial charge in [-0.15, -0.1) is 0 Å². The van der Waals surface area contributed by atoms with Gasteiger partial charge in [0.25, 0.3) is 10.0 Å². The van der Waals surface area contributed by atoms with Crippen molar-refractivity contribution in [1.82, 2.24) is 9.97 Å². The Bertz CT molecular complexity index is 972. The first-order chi connectivity index (χ1) is 11.9. The number of nitrogens with one attached hydrogen (secondary N) is 1. The predicted octanol–water partition coefficient (Wildman–Crippen LogP) is 2.88. The Labute approximate surface area is 146 Å². The van der Waals surface area contributed by atoms with Gasteiger partial charge in [0.05, 0.1) is 16.8 Å². The minimum atomic E-state index is -3.79. The van der Waals surface area contributed by atoms with E-state index in [9.17, 15) is 13.5 Å². The average Bonchev–Trinajstić information content (AvgIpc) is 2.58. The third-order valence-corrected chi connectivity index (χ3v) is 4.96. The number of aromatic nitrogens is 2. The zero-order chi connectivity index (χ0) is 17.9. The van der Waals surface area contributed by atoms with Crippen LogP contribution in [0.3, 0.4) is 0 Å². The van der Waals surface area contributed by atoms with Gasteiger partial charge in [-0.25, -0.2) is 18.4 Å². The van der Waals surface area contributed by atoms with Crippen LogP contribution in [0, 0.1) is 6.92 Å². The fourth-order valence-electron chi connectivity index (χ4n) is 2.32. The summed E-state index contributed by atoms with van der Waals surface area (Å²) in [7, 11) is -3.79. The van der Waals surface area contributed by atoms with Gasteiger partial charge in [0.2, 0.25) is 5.88 Å². The van der Waals surface area contributed by atoms with Gasteiger partial charge in [-0.2, -0.15) is 0 Å². The lowest BCUT2D eigenvalue weighted by molar-refractivity contribution is 0.448. The zero-order valence-corrected chi connectivity index (χ0v) is 14.4. The third-order valence-electron chi connectivity index (χ3n) is 3.61. The van der Waals surface area contributed by atoms with Gasteiger partial charge < -0.3 is 5.11 Å². The van der Waals surface area contributed by atoms with Crippen LogP contribution in [0.15, 0.2) is 65.7 Å². The number of rotatable bonds is 5. The second kappa shape index (κ2) is 6.90. The standard InChI is InChI=1S/C18H17N3O3S/c1-13-7-9-15(10-8-13)25(23,24)21-18-16(20-17(22)12-19-18)11-14-5-3-2-4-6-14/h2-10,12H,11H2,1H3,(H,19,21)(H,20,22). The molecule has 0 aliphatic heterocycles. The molecule has 0 spiro atoms. The molecule has 0 saturated carbocycles. The molecule has 25 heavy (non-hydrogen) atoms. The Hall–Kier alpha value is -2.93. The zero-order valence-electron chi connectivity index (χ0n) is 13.5. The summed E-state index contributed by atoms with van der Waals surface area (Å²) < 4.78 is 27.6. The fraction of sp³-hybridized carbons (Fsp3) is 0.111. The number of hydrogen-bond acceptors (Lipinski definition) is 5. The van der Waals surface area contributed by atoms with Crippen LogP contribution in [0.1, 0.15) is 16.8 Å². The number of nitrogens with zero attached hydrogens (tertiary/aromatic N) is 2. The number of aryl methyl sites for hydroxylation is 1. The first-order valence-corrected chi connectivity index (χ1v) is 9.11. The van der Waals surface area contributed by atoms with E-state index in [1.165, 1.54) is 12.1 Å². The van der Waals surface area contributed by atoms with Crippen LogP contribution >= 0.6 is 0 Å². The number of aromatic hydroxyl groups is 1. The SMILES string of the molecule is Cc1ccc(S(=O)(=O)Nc2ncc(O)nc2Cc2ccccc2)cc1. The number of anilines is 1. The summed E-state index contributed by atoms with van der Waals surface area (Å²) in [4.78, 5) is 8.16. The molecule has 2 N–H and O–H groups in total. The van der Waals surface area contributed by atoms with Gasteiger partial charge in [-0.05, 0) is 24.6 Å². The minimum absolute atomic E-state index is 0.0993. The summed E-state index contributed by atoms with van der Waals surface area (Å²) in [5, 5.41) is 9.61. The molecular weight excluding hydrogens is 338 g/mol. The molecule has 6 nitrogen and oxygen atoms in total. The maximum absolute atomic E-state index is 12.6. The van der Waals surface area contributed by atoms with Crippen LogP contribution < -0.4 is 4.72 Å². The highest BCUT2D eigenvalue weighted by Crippen LogP contribution is 2.21. The first-order valence-electron chi connectivity index (χ1n) is 7.62. The molecular formula is C18H17N3O3S. The lowest BCUT2D eigenvalue weighted by Gasteiger charge is -2.11. The predicted molar refractivity (Wildman–Crippen MR) is 94.9 cm³/mol. The normalized spacial score (nSPS) is 11.2. The van der Waals surface area contributed by atoms with Crippen molar-refractivity contribution in [2.45, 2.75) is 18.2 Å². The van der Waals surface area contributed by atoms with Crippen molar-refractivity contribution in [3.63, 3.8) is 0 Å². The Morgan fingerprint density at radius 1 is 1.04 bits per heavy atom. The summed E-state index contributed by atoms with van der Waals surface area (Å²) in [6.07, 6.45) is 1.45. The van der Waals surface area contributed by atoms with E-state index in [4.69, 9.17) is 0 Å². The van der Waals surface area contributed by atoms with Crippen LogP contribution in [0.4, 0.5) is 5.82 Å². The maximum Gasteiger partial charge on any atom is 0.263 e. The van der Waals surface area contributed by atoms with E-state index >= 15 is 0 Å². The van der Waals surface area contributed by atoms with Gasteiger partial charge in [0.1, 0.15) is 0 Å². The van der Waals surface area contributed by atoms with E-state index in [0.717, 1.165) is 17.3 Å². The highest BCUT2D eigenvalue weighted by Gasteiger charge is 2.18. The molecule has 0 amide bonds. The summed E-state index contributed by atoms with van der Waals surface area (Å²) in [5.41, 5.74) is 2.24. The second-order valence-corrected chi connectivity index (χ2v) is 7.29. The van der Waals surface area contributed by atoms with Crippen LogP contribution in [0.2, 0.25) is 0 Å².